The number of esters is 2. The van der Waals surface area contributed by atoms with Crippen LogP contribution < -0.4 is 9.47 Å². The van der Waals surface area contributed by atoms with Crippen molar-refractivity contribution in [1.82, 2.24) is 19.1 Å². The summed E-state index contributed by atoms with van der Waals surface area (Å²) in [6, 6.07) is 21.8. The molecule has 4 aromatic carbocycles. The largest absolute Gasteiger partial charge is 0.491 e. The average Bonchev–Trinajstić information content (AvgIpc) is 3.56. The van der Waals surface area contributed by atoms with Gasteiger partial charge in [-0.1, -0.05) is 70.7 Å². The number of fused-ring (bicyclic) bond motifs is 10. The molecule has 2 aliphatic heterocycles. The molecule has 0 saturated heterocycles. The van der Waals surface area contributed by atoms with E-state index in [2.05, 4.69) is 0 Å². The molecule has 6 aromatic rings. The Labute approximate surface area is 306 Å². The maximum Gasteiger partial charge on any atom is 0.307 e. The number of rotatable bonds is 4. The van der Waals surface area contributed by atoms with Crippen molar-refractivity contribution < 1.29 is 28.5 Å². The summed E-state index contributed by atoms with van der Waals surface area (Å²) in [6.45, 7) is 0.648. The molecule has 2 aromatic heterocycles. The molecule has 50 heavy (non-hydrogen) atoms. The van der Waals surface area contributed by atoms with E-state index in [9.17, 15) is 9.59 Å². The number of carbonyl (C=O) groups is 2. The number of carbonyl (C=O) groups excluding carboxylic acids is 2. The fourth-order valence-electron chi connectivity index (χ4n) is 6.23. The number of para-hydroxylation sites is 2. The summed E-state index contributed by atoms with van der Waals surface area (Å²) < 4.78 is 25.5. The van der Waals surface area contributed by atoms with E-state index in [4.69, 9.17) is 75.3 Å². The van der Waals surface area contributed by atoms with Crippen LogP contribution in [-0.4, -0.2) is 58.5 Å². The summed E-state index contributed by atoms with van der Waals surface area (Å²) in [5, 5.41) is 1.76. The van der Waals surface area contributed by atoms with Gasteiger partial charge in [0.1, 0.15) is 36.4 Å². The SMILES string of the molecule is COC(=O)C[C@H]1COc2ccccc2-c2nc3cc(Cl)c(Cl)cc3n21.COC(=O)C[C@H]1COc2ccccc2-c2nc3cc(Cl)c(Cl)cc3n21. The number of nitrogens with zero attached hydrogens (tertiary/aromatic N) is 4. The number of hydrogen-bond acceptors (Lipinski definition) is 8. The molecule has 256 valence electrons. The Hall–Kier alpha value is -4.48. The van der Waals surface area contributed by atoms with Crippen LogP contribution in [0.3, 0.4) is 0 Å². The van der Waals surface area contributed by atoms with E-state index in [-0.39, 0.29) is 36.9 Å². The Morgan fingerprint density at radius 3 is 1.44 bits per heavy atom. The number of ether oxygens (including phenoxy) is 4. The predicted octanol–water partition coefficient (Wildman–Crippen LogP) is 9.01. The molecule has 14 heteroatoms. The molecule has 4 heterocycles. The zero-order chi connectivity index (χ0) is 35.1. The number of hydrogen-bond donors (Lipinski definition) is 0. The Kier molecular flexibility index (Phi) is 9.54. The van der Waals surface area contributed by atoms with Crippen LogP contribution in [0.4, 0.5) is 0 Å². The predicted molar refractivity (Wildman–Crippen MR) is 193 cm³/mol. The standard InChI is InChI=1S/2C18H14Cl2N2O3/c2*1-24-17(23)6-10-9-25-16-5-3-2-4-11(16)18-21-14-7-12(19)13(20)8-15(14)22(10)18/h2*2-5,7-8,10H,6,9H2,1H3/t2*10-/m00/s1. The highest BCUT2D eigenvalue weighted by Crippen LogP contribution is 2.41. The minimum atomic E-state index is -0.313. The Morgan fingerprint density at radius 1 is 0.660 bits per heavy atom. The van der Waals surface area contributed by atoms with Gasteiger partial charge in [-0.05, 0) is 48.5 Å². The average molecular weight is 754 g/mol. The third kappa shape index (κ3) is 6.33. The smallest absolute Gasteiger partial charge is 0.307 e. The summed E-state index contributed by atoms with van der Waals surface area (Å²) >= 11 is 24.7. The van der Waals surface area contributed by atoms with Crippen LogP contribution in [-0.2, 0) is 19.1 Å². The second-order valence-electron chi connectivity index (χ2n) is 11.6. The van der Waals surface area contributed by atoms with Gasteiger partial charge in [0.2, 0.25) is 0 Å². The molecule has 0 bridgehead atoms. The quantitative estimate of drug-likeness (QED) is 0.164. The third-order valence-corrected chi connectivity index (χ3v) is 10.0. The first kappa shape index (κ1) is 34.0. The van der Waals surface area contributed by atoms with Crippen molar-refractivity contribution in [3.8, 4) is 34.3 Å². The van der Waals surface area contributed by atoms with Gasteiger partial charge in [-0.25, -0.2) is 9.97 Å². The van der Waals surface area contributed by atoms with Gasteiger partial charge >= 0.3 is 11.9 Å². The van der Waals surface area contributed by atoms with Gasteiger partial charge < -0.3 is 28.1 Å². The summed E-state index contributed by atoms with van der Waals surface area (Å²) in [5.74, 6) is 2.26. The lowest BCUT2D eigenvalue weighted by atomic mass is 10.1. The molecule has 0 unspecified atom stereocenters. The van der Waals surface area contributed by atoms with Crippen LogP contribution in [0, 0.1) is 0 Å². The van der Waals surface area contributed by atoms with Gasteiger partial charge in [0, 0.05) is 0 Å². The number of halogens is 4. The second kappa shape index (κ2) is 14.0. The monoisotopic (exact) mass is 752 g/mol. The van der Waals surface area contributed by atoms with Gasteiger partial charge in [-0.2, -0.15) is 0 Å². The van der Waals surface area contributed by atoms with E-state index in [1.165, 1.54) is 14.2 Å². The van der Waals surface area contributed by atoms with E-state index >= 15 is 0 Å². The zero-order valence-corrected chi connectivity index (χ0v) is 29.7. The molecular weight excluding hydrogens is 726 g/mol. The van der Waals surface area contributed by atoms with Gasteiger partial charge in [0.25, 0.3) is 0 Å². The summed E-state index contributed by atoms with van der Waals surface area (Å²) in [4.78, 5) is 33.2. The Morgan fingerprint density at radius 2 is 1.04 bits per heavy atom. The van der Waals surface area contributed by atoms with Crippen molar-refractivity contribution in [2.24, 2.45) is 0 Å². The van der Waals surface area contributed by atoms with Crippen molar-refractivity contribution in [2.45, 2.75) is 24.9 Å². The first-order chi connectivity index (χ1) is 24.2. The van der Waals surface area contributed by atoms with Crippen LogP contribution in [0.1, 0.15) is 24.9 Å². The van der Waals surface area contributed by atoms with Crippen molar-refractivity contribution in [3.63, 3.8) is 0 Å². The Bertz CT molecular complexity index is 2130. The number of aromatic nitrogens is 4. The lowest BCUT2D eigenvalue weighted by Crippen LogP contribution is -2.20. The molecule has 0 saturated carbocycles. The zero-order valence-electron chi connectivity index (χ0n) is 26.7. The maximum absolute atomic E-state index is 11.9. The van der Waals surface area contributed by atoms with Gasteiger partial charge in [0.15, 0.2) is 0 Å². The molecule has 2 aliphatic rings. The summed E-state index contributed by atoms with van der Waals surface area (Å²) in [6.07, 6.45) is 0.340. The first-order valence-corrected chi connectivity index (χ1v) is 17.0. The van der Waals surface area contributed by atoms with Crippen LogP contribution in [0.15, 0.2) is 72.8 Å². The summed E-state index contributed by atoms with van der Waals surface area (Å²) in [5.41, 5.74) is 4.76. The van der Waals surface area contributed by atoms with E-state index < -0.39 is 0 Å². The minimum Gasteiger partial charge on any atom is -0.491 e. The van der Waals surface area contributed by atoms with E-state index in [0.717, 1.165) is 56.3 Å². The minimum absolute atomic E-state index is 0.170. The van der Waals surface area contributed by atoms with Crippen LogP contribution in [0.25, 0.3) is 44.8 Å². The molecule has 0 fully saturated rings. The van der Waals surface area contributed by atoms with E-state index in [0.29, 0.717) is 33.3 Å². The Balaban J connectivity index is 0.000000157. The molecule has 8 rings (SSSR count). The van der Waals surface area contributed by atoms with E-state index in [1.807, 2.05) is 57.7 Å². The highest BCUT2D eigenvalue weighted by atomic mass is 35.5. The van der Waals surface area contributed by atoms with Crippen molar-refractivity contribution >= 4 is 80.4 Å². The highest BCUT2D eigenvalue weighted by Gasteiger charge is 2.30. The number of benzene rings is 4. The lowest BCUT2D eigenvalue weighted by molar-refractivity contribution is -0.142. The molecule has 0 spiro atoms. The number of methoxy groups -OCH3 is 2. The lowest BCUT2D eigenvalue weighted by Gasteiger charge is -2.18. The van der Waals surface area contributed by atoms with Gasteiger partial charge in [0.05, 0.1) is 92.4 Å². The van der Waals surface area contributed by atoms with Crippen molar-refractivity contribution in [3.05, 3.63) is 92.9 Å². The van der Waals surface area contributed by atoms with Crippen LogP contribution in [0.5, 0.6) is 11.5 Å². The van der Waals surface area contributed by atoms with Gasteiger partial charge in [-0.15, -0.1) is 0 Å². The first-order valence-electron chi connectivity index (χ1n) is 15.5. The second-order valence-corrected chi connectivity index (χ2v) is 13.2. The maximum atomic E-state index is 11.9. The van der Waals surface area contributed by atoms with Crippen LogP contribution >= 0.6 is 46.4 Å². The third-order valence-electron chi connectivity index (χ3n) is 8.57. The van der Waals surface area contributed by atoms with Gasteiger partial charge in [-0.3, -0.25) is 9.59 Å². The van der Waals surface area contributed by atoms with Crippen molar-refractivity contribution in [1.29, 1.82) is 0 Å². The molecule has 0 aliphatic carbocycles. The normalized spacial score (nSPS) is 15.9. The fourth-order valence-corrected chi connectivity index (χ4v) is 6.86. The molecule has 0 radical (unpaired) electrons. The van der Waals surface area contributed by atoms with E-state index in [1.54, 1.807) is 24.3 Å². The molecular formula is C36H28Cl4N4O6. The number of imidazole rings is 2. The summed E-state index contributed by atoms with van der Waals surface area (Å²) in [7, 11) is 2.75. The van der Waals surface area contributed by atoms with Crippen LogP contribution in [0.2, 0.25) is 20.1 Å². The molecule has 0 amide bonds. The molecule has 2 atom stereocenters. The van der Waals surface area contributed by atoms with Crippen molar-refractivity contribution in [2.75, 3.05) is 27.4 Å². The highest BCUT2D eigenvalue weighted by molar-refractivity contribution is 6.43. The molecule has 0 N–H and O–H groups in total. The topological polar surface area (TPSA) is 107 Å². The fraction of sp³-hybridized carbons (Fsp3) is 0.222. The molecule has 10 nitrogen and oxygen atoms in total.